The average Bonchev–Trinajstić information content (AvgIpc) is 2.81. The van der Waals surface area contributed by atoms with E-state index in [0.29, 0.717) is 17.7 Å². The lowest BCUT2D eigenvalue weighted by Gasteiger charge is -2.38. The van der Waals surface area contributed by atoms with Gasteiger partial charge in [0.2, 0.25) is 0 Å². The van der Waals surface area contributed by atoms with Gasteiger partial charge in [-0.15, -0.1) is 0 Å². The van der Waals surface area contributed by atoms with Gasteiger partial charge in [0, 0.05) is 42.5 Å². The van der Waals surface area contributed by atoms with Crippen LogP contribution in [-0.2, 0) is 12.1 Å². The number of nitrogens with one attached hydrogen (secondary N) is 1. The molecule has 144 valence electrons. The fourth-order valence-corrected chi connectivity index (χ4v) is 3.64. The topological polar surface area (TPSA) is 58.0 Å². The smallest absolute Gasteiger partial charge is 0.137 e. The molecule has 0 amide bonds. The van der Waals surface area contributed by atoms with E-state index in [2.05, 4.69) is 27.4 Å². The standard InChI is InChI=1S/C25H23N3O/c29-25(22-13-7-15-26-18-22,23-14-8-16-27-19-23)24(21-11-5-2-6-12-21)28-17-20-9-3-1-4-10-20/h1-16,18-19,24,28-29H,17H2. The molecular weight excluding hydrogens is 358 g/mol. The summed E-state index contributed by atoms with van der Waals surface area (Å²) in [5.74, 6) is 0. The molecule has 1 unspecified atom stereocenters. The van der Waals surface area contributed by atoms with Crippen molar-refractivity contribution >= 4 is 0 Å². The number of hydrogen-bond acceptors (Lipinski definition) is 4. The van der Waals surface area contributed by atoms with Crippen LogP contribution in [0.25, 0.3) is 0 Å². The molecule has 0 fully saturated rings. The monoisotopic (exact) mass is 381 g/mol. The first-order chi connectivity index (χ1) is 14.3. The highest BCUT2D eigenvalue weighted by molar-refractivity contribution is 5.39. The quantitative estimate of drug-likeness (QED) is 0.503. The molecule has 0 saturated heterocycles. The first kappa shape index (κ1) is 19.0. The zero-order chi connectivity index (χ0) is 19.9. The summed E-state index contributed by atoms with van der Waals surface area (Å²) in [5, 5.41) is 15.8. The van der Waals surface area contributed by atoms with Crippen molar-refractivity contribution in [2.45, 2.75) is 18.2 Å². The molecule has 0 bridgehead atoms. The Morgan fingerprint density at radius 1 is 0.724 bits per heavy atom. The predicted molar refractivity (Wildman–Crippen MR) is 114 cm³/mol. The maximum atomic E-state index is 12.2. The Hall–Kier alpha value is -3.34. The predicted octanol–water partition coefficient (Wildman–Crippen LogP) is 4.24. The van der Waals surface area contributed by atoms with Gasteiger partial charge in [0.05, 0.1) is 6.04 Å². The summed E-state index contributed by atoms with van der Waals surface area (Å²) >= 11 is 0. The van der Waals surface area contributed by atoms with Crippen LogP contribution in [0.5, 0.6) is 0 Å². The normalized spacial score (nSPS) is 12.4. The fraction of sp³-hybridized carbons (Fsp3) is 0.120. The van der Waals surface area contributed by atoms with Crippen molar-refractivity contribution < 1.29 is 5.11 Å². The summed E-state index contributed by atoms with van der Waals surface area (Å²) in [5.41, 5.74) is 2.20. The van der Waals surface area contributed by atoms with Crippen LogP contribution in [0.1, 0.15) is 28.3 Å². The van der Waals surface area contributed by atoms with Gasteiger partial charge in [-0.1, -0.05) is 72.8 Å². The minimum Gasteiger partial charge on any atom is -0.378 e. The molecule has 4 rings (SSSR count). The molecule has 0 aliphatic carbocycles. The number of rotatable bonds is 7. The lowest BCUT2D eigenvalue weighted by molar-refractivity contribution is 0.0348. The first-order valence-corrected chi connectivity index (χ1v) is 9.64. The van der Waals surface area contributed by atoms with Gasteiger partial charge < -0.3 is 10.4 Å². The molecule has 1 atom stereocenters. The van der Waals surface area contributed by atoms with Gasteiger partial charge >= 0.3 is 0 Å². The molecule has 0 saturated carbocycles. The van der Waals surface area contributed by atoms with Crippen molar-refractivity contribution in [1.29, 1.82) is 0 Å². The zero-order valence-corrected chi connectivity index (χ0v) is 16.0. The molecule has 2 N–H and O–H groups in total. The third kappa shape index (κ3) is 4.09. The van der Waals surface area contributed by atoms with Gasteiger partial charge in [-0.3, -0.25) is 9.97 Å². The highest BCUT2D eigenvalue weighted by Gasteiger charge is 2.41. The van der Waals surface area contributed by atoms with Crippen molar-refractivity contribution in [3.63, 3.8) is 0 Å². The highest BCUT2D eigenvalue weighted by Crippen LogP contribution is 2.40. The van der Waals surface area contributed by atoms with Gasteiger partial charge in [0.15, 0.2) is 0 Å². The Balaban J connectivity index is 1.82. The second kappa shape index (κ2) is 8.78. The first-order valence-electron chi connectivity index (χ1n) is 9.64. The Morgan fingerprint density at radius 2 is 1.28 bits per heavy atom. The molecule has 4 heteroatoms. The second-order valence-corrected chi connectivity index (χ2v) is 6.96. The SMILES string of the molecule is OC(c1cccnc1)(c1cccnc1)C(NCc1ccccc1)c1ccccc1. The molecule has 2 aromatic heterocycles. The van der Waals surface area contributed by atoms with Crippen LogP contribution in [0.2, 0.25) is 0 Å². The van der Waals surface area contributed by atoms with E-state index in [4.69, 9.17) is 0 Å². The third-order valence-electron chi connectivity index (χ3n) is 5.11. The summed E-state index contributed by atoms with van der Waals surface area (Å²) in [4.78, 5) is 8.52. The molecular formula is C25H23N3O. The minimum atomic E-state index is -1.35. The van der Waals surface area contributed by atoms with Crippen molar-refractivity contribution in [2.24, 2.45) is 0 Å². The largest absolute Gasteiger partial charge is 0.378 e. The second-order valence-electron chi connectivity index (χ2n) is 6.96. The van der Waals surface area contributed by atoms with Crippen LogP contribution < -0.4 is 5.32 Å². The van der Waals surface area contributed by atoms with Gasteiger partial charge in [-0.25, -0.2) is 0 Å². The van der Waals surface area contributed by atoms with Gasteiger partial charge in [-0.05, 0) is 23.3 Å². The van der Waals surface area contributed by atoms with Crippen molar-refractivity contribution in [1.82, 2.24) is 15.3 Å². The van der Waals surface area contributed by atoms with E-state index in [0.717, 1.165) is 11.1 Å². The molecule has 29 heavy (non-hydrogen) atoms. The van der Waals surface area contributed by atoms with E-state index in [1.54, 1.807) is 24.8 Å². The van der Waals surface area contributed by atoms with Crippen molar-refractivity contribution in [2.75, 3.05) is 0 Å². The van der Waals surface area contributed by atoms with Crippen LogP contribution in [0.4, 0.5) is 0 Å². The van der Waals surface area contributed by atoms with E-state index >= 15 is 0 Å². The number of aliphatic hydroxyl groups is 1. The van der Waals surface area contributed by atoms with Gasteiger partial charge in [0.25, 0.3) is 0 Å². The van der Waals surface area contributed by atoms with Gasteiger partial charge in [-0.2, -0.15) is 0 Å². The Labute approximate surface area is 170 Å². The van der Waals surface area contributed by atoms with Crippen molar-refractivity contribution in [3.05, 3.63) is 132 Å². The summed E-state index contributed by atoms with van der Waals surface area (Å²) < 4.78 is 0. The Bertz CT molecular complexity index is 969. The van der Waals surface area contributed by atoms with Crippen LogP contribution in [-0.4, -0.2) is 15.1 Å². The minimum absolute atomic E-state index is 0.405. The van der Waals surface area contributed by atoms with Crippen LogP contribution in [0, 0.1) is 0 Å². The summed E-state index contributed by atoms with van der Waals surface area (Å²) in [6, 6.07) is 27.3. The molecule has 0 radical (unpaired) electrons. The molecule has 2 aromatic carbocycles. The van der Waals surface area contributed by atoms with E-state index in [1.165, 1.54) is 0 Å². The maximum Gasteiger partial charge on any atom is 0.137 e. The molecule has 4 aromatic rings. The molecule has 0 aliphatic heterocycles. The van der Waals surface area contributed by atoms with Gasteiger partial charge in [0.1, 0.15) is 5.60 Å². The Morgan fingerprint density at radius 3 is 1.79 bits per heavy atom. The van der Waals surface area contributed by atoms with Crippen LogP contribution in [0.15, 0.2) is 110 Å². The van der Waals surface area contributed by atoms with E-state index in [9.17, 15) is 5.11 Å². The van der Waals surface area contributed by atoms with Crippen molar-refractivity contribution in [3.8, 4) is 0 Å². The lowest BCUT2D eigenvalue weighted by atomic mass is 9.78. The highest BCUT2D eigenvalue weighted by atomic mass is 16.3. The number of benzene rings is 2. The number of nitrogens with zero attached hydrogens (tertiary/aromatic N) is 2. The molecule has 4 nitrogen and oxygen atoms in total. The Kier molecular flexibility index (Phi) is 5.75. The number of pyridine rings is 2. The number of hydrogen-bond donors (Lipinski definition) is 2. The third-order valence-corrected chi connectivity index (χ3v) is 5.11. The molecule has 2 heterocycles. The maximum absolute atomic E-state index is 12.2. The lowest BCUT2D eigenvalue weighted by Crippen LogP contribution is -2.42. The van der Waals surface area contributed by atoms with E-state index in [1.807, 2.05) is 72.8 Å². The van der Waals surface area contributed by atoms with Crippen LogP contribution >= 0.6 is 0 Å². The molecule has 0 aliphatic rings. The van der Waals surface area contributed by atoms with E-state index < -0.39 is 11.6 Å². The average molecular weight is 381 g/mol. The number of aromatic nitrogens is 2. The summed E-state index contributed by atoms with van der Waals surface area (Å²) in [6.07, 6.45) is 6.85. The molecule has 0 spiro atoms. The summed E-state index contributed by atoms with van der Waals surface area (Å²) in [7, 11) is 0. The summed E-state index contributed by atoms with van der Waals surface area (Å²) in [6.45, 7) is 0.614. The van der Waals surface area contributed by atoms with E-state index in [-0.39, 0.29) is 0 Å². The zero-order valence-electron chi connectivity index (χ0n) is 16.0. The van der Waals surface area contributed by atoms with Crippen LogP contribution in [0.3, 0.4) is 0 Å². The fourth-order valence-electron chi connectivity index (χ4n) is 3.64.